The lowest BCUT2D eigenvalue weighted by Crippen LogP contribution is -2.05. The summed E-state index contributed by atoms with van der Waals surface area (Å²) in [6.07, 6.45) is 2.08. The normalized spacial score (nSPS) is 12.3. The van der Waals surface area contributed by atoms with Gasteiger partial charge in [-0.25, -0.2) is 142 Å². The van der Waals surface area contributed by atoms with Crippen LogP contribution in [0.25, 0.3) is 168 Å². The van der Waals surface area contributed by atoms with E-state index in [0.29, 0.717) is 72.8 Å². The van der Waals surface area contributed by atoms with Gasteiger partial charge in [-0.05, 0) is 85.0 Å². The Balaban J connectivity index is 1.17. The molecule has 8 nitrogen and oxygen atoms in total. The first-order valence-electron chi connectivity index (χ1n) is 30.9. The maximum atomic E-state index is 17.0. The van der Waals surface area contributed by atoms with Crippen molar-refractivity contribution in [2.75, 3.05) is 0 Å². The van der Waals surface area contributed by atoms with E-state index in [1.54, 1.807) is 0 Å². The van der Waals surface area contributed by atoms with Gasteiger partial charge in [0.05, 0.1) is 78.2 Å². The fraction of sp³-hybridized carbons (Fsp3) is 0. The number of nitrogens with zero attached hydrogens (tertiary/aromatic N) is 2. The molecule has 0 spiro atoms. The van der Waals surface area contributed by atoms with Crippen molar-refractivity contribution in [1.29, 1.82) is 0 Å². The van der Waals surface area contributed by atoms with Gasteiger partial charge in [0.2, 0.25) is 34.9 Å². The Hall–Kier alpha value is -13.3. The Morgan fingerprint density at radius 2 is 0.304 bits per heavy atom. The lowest BCUT2D eigenvalue weighted by atomic mass is 9.99. The van der Waals surface area contributed by atoms with E-state index in [1.807, 2.05) is 0 Å². The number of benzene rings is 6. The first-order valence-corrected chi connectivity index (χ1v) is 30.9. The number of aromatic nitrogens is 8. The predicted octanol–water partition coefficient (Wildman–Crippen LogP) is 23.5. The third-order valence-corrected chi connectivity index (χ3v) is 18.4. The zero-order valence-electron chi connectivity index (χ0n) is 53.3. The number of nitrogens with one attached hydrogen (secondary N) is 6. The van der Waals surface area contributed by atoms with E-state index in [2.05, 4.69) is 39.9 Å². The molecule has 2 aliphatic rings. The number of fused-ring (bicyclic) bond motifs is 18. The van der Waals surface area contributed by atoms with Crippen molar-refractivity contribution >= 4 is 90.5 Å². The van der Waals surface area contributed by atoms with Crippen LogP contribution in [0.4, 0.5) is 132 Å². The van der Waals surface area contributed by atoms with Crippen molar-refractivity contribution in [3.63, 3.8) is 0 Å². The number of rotatable bonds is 7. The Labute approximate surface area is 596 Å². The molecule has 2 aliphatic heterocycles. The summed E-state index contributed by atoms with van der Waals surface area (Å²) in [5, 5.41) is 0. The molecule has 112 heavy (non-hydrogen) atoms. The SMILES string of the molecule is Fc1c(F)c(F)c(-c2c3nc(c(-c4c(F)c(F)c(F)c(F)c4F)c4cc(-c5cc6[nH]c5c5ccc([nH]5)c(-c5c(F)c(F)c(F)c(F)c5F)c5ccc([nH]5)c(-c5c(F)c(F)c(F)c(F)c5F)c5nc(c6-c6c(F)c(F)c(F)c(F)c6F)C=C5)c([nH]4)c4ccc([nH]4)c(-c4c(F)c(F)c(F)c(F)c4F)c4ccc2[nH]4)C=C3)c(F)c1F. The van der Waals surface area contributed by atoms with Gasteiger partial charge >= 0.3 is 0 Å². The molecule has 6 N–H and O–H groups in total. The minimum Gasteiger partial charge on any atom is -0.354 e. The van der Waals surface area contributed by atoms with Gasteiger partial charge in [0, 0.05) is 88.6 Å². The molecule has 0 atom stereocenters. The van der Waals surface area contributed by atoms with Crippen LogP contribution in [0.5, 0.6) is 0 Å². The number of hydrogen-bond donors (Lipinski definition) is 6. The molecule has 6 aromatic carbocycles. The predicted molar refractivity (Wildman–Crippen MR) is 341 cm³/mol. The van der Waals surface area contributed by atoms with Crippen molar-refractivity contribution < 1.29 is 132 Å². The molecule has 16 bridgehead atoms. The maximum absolute atomic E-state index is 17.0. The van der Waals surface area contributed by atoms with Crippen LogP contribution in [0, 0.1) is 175 Å². The van der Waals surface area contributed by atoms with Crippen LogP contribution >= 0.6 is 0 Å². The molecular formula is C74H20F30N8. The van der Waals surface area contributed by atoms with Crippen molar-refractivity contribution in [3.8, 4) is 77.9 Å². The highest BCUT2D eigenvalue weighted by molar-refractivity contribution is 6.11. The van der Waals surface area contributed by atoms with Gasteiger partial charge < -0.3 is 29.9 Å². The van der Waals surface area contributed by atoms with Gasteiger partial charge in [0.25, 0.3) is 0 Å². The smallest absolute Gasteiger partial charge is 0.200 e. The summed E-state index contributed by atoms with van der Waals surface area (Å²) in [5.41, 5.74) is -38.1. The quantitative estimate of drug-likeness (QED) is 0.0541. The van der Waals surface area contributed by atoms with Gasteiger partial charge in [0.1, 0.15) is 0 Å². The Morgan fingerprint density at radius 1 is 0.152 bits per heavy atom. The van der Waals surface area contributed by atoms with Gasteiger partial charge in [-0.15, -0.1) is 0 Å². The van der Waals surface area contributed by atoms with Crippen LogP contribution in [0.3, 0.4) is 0 Å². The van der Waals surface area contributed by atoms with Crippen LogP contribution < -0.4 is 0 Å². The fourth-order valence-electron chi connectivity index (χ4n) is 13.4. The molecule has 0 unspecified atom stereocenters. The molecule has 0 saturated carbocycles. The van der Waals surface area contributed by atoms with Gasteiger partial charge in [-0.3, -0.25) is 0 Å². The van der Waals surface area contributed by atoms with Crippen LogP contribution in [-0.4, -0.2) is 39.9 Å². The highest BCUT2D eigenvalue weighted by atomic mass is 19.2. The van der Waals surface area contributed by atoms with Crippen LogP contribution in [0.15, 0.2) is 60.7 Å². The highest BCUT2D eigenvalue weighted by Crippen LogP contribution is 2.49. The molecule has 566 valence electrons. The summed E-state index contributed by atoms with van der Waals surface area (Å²) in [4.78, 5) is 22.9. The highest BCUT2D eigenvalue weighted by Gasteiger charge is 2.38. The topological polar surface area (TPSA) is 121 Å². The van der Waals surface area contributed by atoms with Crippen molar-refractivity contribution in [2.24, 2.45) is 0 Å². The molecule has 14 aromatic rings. The van der Waals surface area contributed by atoms with E-state index in [0.717, 1.165) is 12.1 Å². The van der Waals surface area contributed by atoms with Crippen LogP contribution in [0.1, 0.15) is 22.8 Å². The molecule has 0 radical (unpaired) electrons. The second-order valence-electron chi connectivity index (χ2n) is 24.4. The average molecular weight is 1590 g/mol. The van der Waals surface area contributed by atoms with Gasteiger partial charge in [-0.2, -0.15) is 0 Å². The monoisotopic (exact) mass is 1590 g/mol. The summed E-state index contributed by atoms with van der Waals surface area (Å²) in [6.45, 7) is 0. The minimum atomic E-state index is -2.87. The van der Waals surface area contributed by atoms with Crippen molar-refractivity contribution in [1.82, 2.24) is 39.9 Å². The number of halogens is 30. The fourth-order valence-corrected chi connectivity index (χ4v) is 13.4. The molecule has 0 fully saturated rings. The average Bonchev–Trinajstić information content (AvgIpc) is 1.56. The third kappa shape index (κ3) is 10.3. The van der Waals surface area contributed by atoms with E-state index >= 15 is 114 Å². The van der Waals surface area contributed by atoms with E-state index in [1.165, 1.54) is 0 Å². The van der Waals surface area contributed by atoms with Gasteiger partial charge in [0.15, 0.2) is 140 Å². The molecule has 38 heteroatoms. The van der Waals surface area contributed by atoms with E-state index < -0.39 is 341 Å². The lowest BCUT2D eigenvalue weighted by Gasteiger charge is -2.11. The molecule has 8 aromatic heterocycles. The molecular weight excluding hydrogens is 1570 g/mol. The Bertz CT molecular complexity index is 6440. The summed E-state index contributed by atoms with van der Waals surface area (Å²) >= 11 is 0. The molecule has 0 aliphatic carbocycles. The van der Waals surface area contributed by atoms with Crippen LogP contribution in [-0.2, 0) is 0 Å². The van der Waals surface area contributed by atoms with Crippen molar-refractivity contribution in [3.05, 3.63) is 258 Å². The summed E-state index contributed by atoms with van der Waals surface area (Å²) in [5.74, 6) is -82.6. The van der Waals surface area contributed by atoms with E-state index in [9.17, 15) is 17.6 Å². The second kappa shape index (κ2) is 25.6. The number of hydrogen-bond acceptors (Lipinski definition) is 2. The van der Waals surface area contributed by atoms with E-state index in [-0.39, 0.29) is 0 Å². The third-order valence-electron chi connectivity index (χ3n) is 18.4. The zero-order chi connectivity index (χ0) is 80.2. The maximum Gasteiger partial charge on any atom is 0.200 e. The van der Waals surface area contributed by atoms with Crippen molar-refractivity contribution in [2.45, 2.75) is 0 Å². The largest absolute Gasteiger partial charge is 0.354 e. The first-order chi connectivity index (χ1) is 53.1. The lowest BCUT2D eigenvalue weighted by molar-refractivity contribution is 0.381. The summed E-state index contributed by atoms with van der Waals surface area (Å²) in [7, 11) is 0. The number of H-pyrrole nitrogens is 6. The molecule has 10 heterocycles. The standard InChI is InChI=1S/C74H20F30N8/c75-43-37(44(76)56(88)67(99)55(43)87)31-17-1-3-21(105-17)33(39-47(79)59(91)69(101)60(92)48(39)80)23-9-11-27(109-23)73-15(13-29(111-73)35(25-7-5-19(31)107-25)41-51(83)63(95)71(103)64(96)52(41)84)16-14-30-36(42-53(85)65(97)72(104)66(98)54(42)86)26-8-6-20(108-26)32(38-45(77)57(89)68(100)58(90)46(38)78)18-2-4-22(106-18)34(24-10-12-28(110-24)74(16)112-30)40-49(81)61(93)70(102)62(94)50(40)82/h1-14,105-106,109-112H. The second-order valence-corrected chi connectivity index (χ2v) is 24.4. The Kier molecular flexibility index (Phi) is 16.7. The first kappa shape index (κ1) is 72.9. The zero-order valence-corrected chi connectivity index (χ0v) is 53.3. The summed E-state index contributed by atoms with van der Waals surface area (Å²) in [6, 6.07) is 6.55. The minimum absolute atomic E-state index is 0.519. The number of aromatic amines is 6. The molecule has 0 amide bonds. The Morgan fingerprint density at radius 3 is 0.509 bits per heavy atom. The molecule has 0 saturated heterocycles. The molecule has 16 rings (SSSR count). The van der Waals surface area contributed by atoms with Crippen LogP contribution in [0.2, 0.25) is 0 Å². The van der Waals surface area contributed by atoms with Gasteiger partial charge in [-0.1, -0.05) is 0 Å². The van der Waals surface area contributed by atoms with E-state index in [4.69, 9.17) is 0 Å². The summed E-state index contributed by atoms with van der Waals surface area (Å²) < 4.78 is 478.